The first-order valence-corrected chi connectivity index (χ1v) is 12.1. The molecule has 43 heavy (non-hydrogen) atoms. The molecular formula is C24H11BrClF12N3O2. The molecule has 2 N–H and O–H groups in total. The molecule has 0 bridgehead atoms. The Balaban J connectivity index is 2.04. The van der Waals surface area contributed by atoms with Gasteiger partial charge in [-0.25, -0.2) is 9.37 Å². The van der Waals surface area contributed by atoms with Crippen molar-refractivity contribution in [2.24, 2.45) is 0 Å². The lowest BCUT2D eigenvalue weighted by molar-refractivity contribution is -0.389. The Morgan fingerprint density at radius 3 is 1.86 bits per heavy atom. The Labute approximate surface area is 245 Å². The van der Waals surface area contributed by atoms with Crippen molar-refractivity contribution in [1.29, 1.82) is 0 Å². The predicted molar refractivity (Wildman–Crippen MR) is 131 cm³/mol. The van der Waals surface area contributed by atoms with Gasteiger partial charge in [0, 0.05) is 27.5 Å². The summed E-state index contributed by atoms with van der Waals surface area (Å²) in [5, 5.41) is 4.06. The number of aromatic nitrogens is 1. The van der Waals surface area contributed by atoms with E-state index in [1.165, 1.54) is 18.2 Å². The lowest BCUT2D eigenvalue weighted by atomic mass is 9.86. The summed E-state index contributed by atoms with van der Waals surface area (Å²) >= 11 is 7.93. The predicted octanol–water partition coefficient (Wildman–Crippen LogP) is 8.95. The zero-order chi connectivity index (χ0) is 32.8. The quantitative estimate of drug-likeness (QED) is 0.198. The zero-order valence-corrected chi connectivity index (χ0v) is 22.6. The highest BCUT2D eigenvalue weighted by atomic mass is 79.9. The van der Waals surface area contributed by atoms with Crippen LogP contribution < -0.4 is 10.6 Å². The standard InChI is InChI=1S/C24H11BrClF12N3O2/c25-15-8-12(20(27,23(33,34)35)22(31,32)24(36,37)38)7-14(21(28,29)30)17(15)41-18(42)10-2-1-3-13(6-10)40-19(43)11-4-5-16(26)39-9-11/h1-9H,(H,40,43)(H,41,42). The number of nitrogens with zero attached hydrogens (tertiary/aromatic N) is 1. The Hall–Kier alpha value is -3.54. The number of alkyl halides is 12. The minimum absolute atomic E-state index is 0.0111. The van der Waals surface area contributed by atoms with E-state index in [9.17, 15) is 62.3 Å². The summed E-state index contributed by atoms with van der Waals surface area (Å²) in [6.45, 7) is 0. The third-order valence-corrected chi connectivity index (χ3v) is 6.43. The first kappa shape index (κ1) is 34.0. The molecule has 19 heteroatoms. The van der Waals surface area contributed by atoms with Gasteiger partial charge >= 0.3 is 30.1 Å². The third-order valence-electron chi connectivity index (χ3n) is 5.58. The van der Waals surface area contributed by atoms with E-state index in [-0.39, 0.29) is 16.4 Å². The summed E-state index contributed by atoms with van der Waals surface area (Å²) in [5.74, 6) is -9.40. The molecule has 3 rings (SSSR count). The maximum Gasteiger partial charge on any atom is 0.457 e. The van der Waals surface area contributed by atoms with E-state index < -0.39 is 80.9 Å². The fraction of sp³-hybridized carbons (Fsp3) is 0.208. The molecule has 0 fully saturated rings. The van der Waals surface area contributed by atoms with Crippen molar-refractivity contribution in [1.82, 2.24) is 4.98 Å². The van der Waals surface area contributed by atoms with Crippen LogP contribution in [0.2, 0.25) is 5.15 Å². The lowest BCUT2D eigenvalue weighted by Gasteiger charge is -2.36. The van der Waals surface area contributed by atoms with Crippen molar-refractivity contribution in [2.75, 3.05) is 10.6 Å². The van der Waals surface area contributed by atoms with Gasteiger partial charge in [0.15, 0.2) is 0 Å². The minimum atomic E-state index is -7.24. The average molecular weight is 717 g/mol. The highest BCUT2D eigenvalue weighted by Crippen LogP contribution is 2.59. The van der Waals surface area contributed by atoms with E-state index >= 15 is 0 Å². The number of carbonyl (C=O) groups excluding carboxylic acids is 2. The highest BCUT2D eigenvalue weighted by molar-refractivity contribution is 9.10. The molecule has 0 aliphatic heterocycles. The summed E-state index contributed by atoms with van der Waals surface area (Å²) in [6, 6.07) is 5.65. The van der Waals surface area contributed by atoms with Crippen molar-refractivity contribution < 1.29 is 62.3 Å². The Kier molecular flexibility index (Phi) is 9.09. The molecule has 232 valence electrons. The van der Waals surface area contributed by atoms with Crippen LogP contribution in [0.4, 0.5) is 64.1 Å². The minimum Gasteiger partial charge on any atom is -0.322 e. The number of hydrogen-bond donors (Lipinski definition) is 2. The van der Waals surface area contributed by atoms with Gasteiger partial charge in [0.2, 0.25) is 0 Å². The second kappa shape index (κ2) is 11.5. The van der Waals surface area contributed by atoms with Gasteiger partial charge in [0.1, 0.15) is 5.15 Å². The topological polar surface area (TPSA) is 71.1 Å². The monoisotopic (exact) mass is 715 g/mol. The maximum atomic E-state index is 14.9. The molecule has 2 amide bonds. The summed E-state index contributed by atoms with van der Waals surface area (Å²) in [5.41, 5.74) is -13.8. The van der Waals surface area contributed by atoms with E-state index in [2.05, 4.69) is 26.2 Å². The molecule has 5 nitrogen and oxygen atoms in total. The van der Waals surface area contributed by atoms with Crippen LogP contribution in [0.15, 0.2) is 59.2 Å². The summed E-state index contributed by atoms with van der Waals surface area (Å²) in [4.78, 5) is 28.8. The maximum absolute atomic E-state index is 14.9. The van der Waals surface area contributed by atoms with E-state index in [4.69, 9.17) is 11.6 Å². The fourth-order valence-corrected chi connectivity index (χ4v) is 4.18. The van der Waals surface area contributed by atoms with E-state index in [0.717, 1.165) is 24.4 Å². The van der Waals surface area contributed by atoms with Crippen molar-refractivity contribution in [3.05, 3.63) is 86.6 Å². The van der Waals surface area contributed by atoms with Crippen LogP contribution in [0.25, 0.3) is 0 Å². The molecule has 1 aromatic heterocycles. The van der Waals surface area contributed by atoms with Crippen LogP contribution in [0.1, 0.15) is 31.8 Å². The second-order valence-corrected chi connectivity index (χ2v) is 9.71. The smallest absolute Gasteiger partial charge is 0.322 e. The number of nitrogens with one attached hydrogen (secondary N) is 2. The number of hydrogen-bond acceptors (Lipinski definition) is 3. The molecular weight excluding hydrogens is 706 g/mol. The number of halogens is 14. The van der Waals surface area contributed by atoms with Crippen molar-refractivity contribution in [3.8, 4) is 0 Å². The Bertz CT molecular complexity index is 1540. The molecule has 3 aromatic rings. The molecule has 0 spiro atoms. The highest BCUT2D eigenvalue weighted by Gasteiger charge is 2.82. The van der Waals surface area contributed by atoms with Gasteiger partial charge in [-0.05, 0) is 58.4 Å². The third kappa shape index (κ3) is 6.68. The summed E-state index contributed by atoms with van der Waals surface area (Å²) in [7, 11) is 0. The fourth-order valence-electron chi connectivity index (χ4n) is 3.51. The Morgan fingerprint density at radius 2 is 1.35 bits per heavy atom. The van der Waals surface area contributed by atoms with Gasteiger partial charge in [0.05, 0.1) is 16.8 Å². The van der Waals surface area contributed by atoms with Gasteiger partial charge < -0.3 is 10.6 Å². The number of anilines is 2. The molecule has 0 aliphatic carbocycles. The molecule has 0 saturated carbocycles. The zero-order valence-electron chi connectivity index (χ0n) is 20.3. The number of amides is 2. The summed E-state index contributed by atoms with van der Waals surface area (Å²) in [6.07, 6.45) is -19.0. The number of pyridine rings is 1. The van der Waals surface area contributed by atoms with Gasteiger partial charge in [-0.1, -0.05) is 17.7 Å². The van der Waals surface area contributed by atoms with E-state index in [1.807, 2.05) is 0 Å². The van der Waals surface area contributed by atoms with Crippen LogP contribution in [-0.2, 0) is 11.8 Å². The molecule has 1 atom stereocenters. The molecule has 0 saturated heterocycles. The van der Waals surface area contributed by atoms with Gasteiger partial charge in [-0.3, -0.25) is 9.59 Å². The number of carbonyl (C=O) groups is 2. The molecule has 2 aromatic carbocycles. The van der Waals surface area contributed by atoms with Crippen LogP contribution in [-0.4, -0.2) is 35.1 Å². The first-order valence-electron chi connectivity index (χ1n) is 11.0. The van der Waals surface area contributed by atoms with Crippen LogP contribution in [0.3, 0.4) is 0 Å². The van der Waals surface area contributed by atoms with Gasteiger partial charge in [-0.15, -0.1) is 0 Å². The molecule has 0 aliphatic rings. The SMILES string of the molecule is O=C(Nc1cccc(C(=O)Nc2c(Br)cc(C(F)(C(F)(F)F)C(F)(F)C(F)(F)F)cc2C(F)(F)F)c1)c1ccc(Cl)nc1. The van der Waals surface area contributed by atoms with Crippen LogP contribution in [0, 0.1) is 0 Å². The van der Waals surface area contributed by atoms with Gasteiger partial charge in [-0.2, -0.15) is 48.3 Å². The lowest BCUT2D eigenvalue weighted by Crippen LogP contribution is -2.59. The average Bonchev–Trinajstić information content (AvgIpc) is 2.87. The normalized spacial score (nSPS) is 14.2. The van der Waals surface area contributed by atoms with Crippen molar-refractivity contribution in [2.45, 2.75) is 30.1 Å². The van der Waals surface area contributed by atoms with E-state index in [0.29, 0.717) is 0 Å². The van der Waals surface area contributed by atoms with Crippen molar-refractivity contribution in [3.63, 3.8) is 0 Å². The number of rotatable bonds is 6. The number of benzene rings is 2. The van der Waals surface area contributed by atoms with E-state index in [1.54, 1.807) is 5.32 Å². The largest absolute Gasteiger partial charge is 0.457 e. The molecule has 0 radical (unpaired) electrons. The van der Waals surface area contributed by atoms with Gasteiger partial charge in [0.25, 0.3) is 11.8 Å². The second-order valence-electron chi connectivity index (χ2n) is 8.47. The molecule has 1 heterocycles. The van der Waals surface area contributed by atoms with Crippen molar-refractivity contribution >= 4 is 50.7 Å². The first-order chi connectivity index (χ1) is 19.5. The molecule has 1 unspecified atom stereocenters. The van der Waals surface area contributed by atoms with Crippen LogP contribution in [0.5, 0.6) is 0 Å². The summed E-state index contributed by atoms with van der Waals surface area (Å²) < 4.78 is 161. The van der Waals surface area contributed by atoms with Crippen LogP contribution >= 0.6 is 27.5 Å². The Morgan fingerprint density at radius 1 is 0.744 bits per heavy atom.